The van der Waals surface area contributed by atoms with Crippen LogP contribution in [0.15, 0.2) is 170 Å². The van der Waals surface area contributed by atoms with Gasteiger partial charge in [0.25, 0.3) is 0 Å². The molecule has 0 fully saturated rings. The molecule has 0 bridgehead atoms. The Hall–Kier alpha value is -6.43. The smallest absolute Gasteiger partial charge is 0.166 e. The van der Waals surface area contributed by atoms with Crippen molar-refractivity contribution in [2.75, 3.05) is 0 Å². The molecule has 5 heteroatoms. The van der Waals surface area contributed by atoms with Gasteiger partial charge in [0.1, 0.15) is 0 Å². The number of fused-ring (bicyclic) bond motifs is 6. The molecule has 10 rings (SSSR count). The highest BCUT2D eigenvalue weighted by atomic mass is 32.1. The maximum atomic E-state index is 9.22. The van der Waals surface area contributed by atoms with Crippen molar-refractivity contribution in [1.29, 1.82) is 0 Å². The molecule has 0 N–H and O–H groups in total. The fourth-order valence-corrected chi connectivity index (χ4v) is 7.88. The topological polar surface area (TPSA) is 43.6 Å². The second kappa shape index (κ2) is 11.6. The van der Waals surface area contributed by atoms with Crippen LogP contribution in [0, 0.1) is 0 Å². The maximum Gasteiger partial charge on any atom is 0.166 e. The van der Waals surface area contributed by atoms with E-state index in [0.717, 1.165) is 42.4 Å². The molecule has 0 aliphatic carbocycles. The number of thiophene rings is 1. The number of nitrogens with zero attached hydrogens (tertiary/aromatic N) is 4. The summed E-state index contributed by atoms with van der Waals surface area (Å²) in [5.74, 6) is 1.06. The van der Waals surface area contributed by atoms with E-state index in [2.05, 4.69) is 24.3 Å². The highest BCUT2D eigenvalue weighted by Crippen LogP contribution is 2.42. The molecule has 0 unspecified atom stereocenters. The SMILES string of the molecule is [2H]c1c([2H])c([2H])c2c(c1[2H])c1c([2H])c([2H])c([2H])c([2H])c1n2-c1ccc(-c2cccc3c2sc2ccccc23)cc1-c1nc(-c2ccccc2)nc(-c2ccccc2)n1. The van der Waals surface area contributed by atoms with Gasteiger partial charge in [-0.2, -0.15) is 0 Å². The summed E-state index contributed by atoms with van der Waals surface area (Å²) in [6.07, 6.45) is 0. The van der Waals surface area contributed by atoms with E-state index in [9.17, 15) is 2.74 Å². The molecule has 50 heavy (non-hydrogen) atoms. The lowest BCUT2D eigenvalue weighted by atomic mass is 9.99. The van der Waals surface area contributed by atoms with Crippen LogP contribution in [0.1, 0.15) is 11.0 Å². The maximum absolute atomic E-state index is 9.22. The Morgan fingerprint density at radius 3 is 1.72 bits per heavy atom. The first kappa shape index (κ1) is 21.5. The van der Waals surface area contributed by atoms with E-state index in [4.69, 9.17) is 23.2 Å². The molecule has 0 amide bonds. The van der Waals surface area contributed by atoms with Crippen LogP contribution in [0.2, 0.25) is 0 Å². The van der Waals surface area contributed by atoms with E-state index in [1.807, 2.05) is 97.1 Å². The minimum Gasteiger partial charge on any atom is -0.309 e. The number of benzene rings is 7. The molecule has 0 radical (unpaired) electrons. The fourth-order valence-electron chi connectivity index (χ4n) is 6.64. The summed E-state index contributed by atoms with van der Waals surface area (Å²) in [6, 6.07) is 35.6. The summed E-state index contributed by atoms with van der Waals surface area (Å²) in [5.41, 5.74) is 4.09. The molecule has 234 valence electrons. The van der Waals surface area contributed by atoms with Crippen LogP contribution < -0.4 is 0 Å². The quantitative estimate of drug-likeness (QED) is 0.184. The minimum atomic E-state index is -0.506. The van der Waals surface area contributed by atoms with Gasteiger partial charge in [0.05, 0.1) is 27.7 Å². The molecule has 7 aromatic carbocycles. The van der Waals surface area contributed by atoms with E-state index in [1.165, 1.54) is 4.57 Å². The third-order valence-electron chi connectivity index (χ3n) is 8.93. The van der Waals surface area contributed by atoms with Gasteiger partial charge in [-0.3, -0.25) is 0 Å². The summed E-state index contributed by atoms with van der Waals surface area (Å²) in [7, 11) is 0. The van der Waals surface area contributed by atoms with Gasteiger partial charge in [0.2, 0.25) is 0 Å². The van der Waals surface area contributed by atoms with Crippen molar-refractivity contribution in [1.82, 2.24) is 19.5 Å². The van der Waals surface area contributed by atoms with Gasteiger partial charge in [-0.15, -0.1) is 11.3 Å². The van der Waals surface area contributed by atoms with Crippen molar-refractivity contribution in [3.8, 4) is 51.0 Å². The van der Waals surface area contributed by atoms with Gasteiger partial charge in [-0.1, -0.05) is 139 Å². The van der Waals surface area contributed by atoms with Crippen molar-refractivity contribution >= 4 is 53.3 Å². The first-order valence-electron chi connectivity index (χ1n) is 20.1. The van der Waals surface area contributed by atoms with Crippen LogP contribution in [0.3, 0.4) is 0 Å². The Kier molecular flexibility index (Phi) is 5.00. The van der Waals surface area contributed by atoms with Crippen LogP contribution in [0.25, 0.3) is 93.0 Å². The van der Waals surface area contributed by atoms with Gasteiger partial charge < -0.3 is 4.57 Å². The zero-order valence-electron chi connectivity index (χ0n) is 34.2. The number of para-hydroxylation sites is 2. The molecular formula is C45H28N4S. The summed E-state index contributed by atoms with van der Waals surface area (Å²) >= 11 is 1.69. The molecular weight excluding hydrogens is 629 g/mol. The average Bonchev–Trinajstić information content (AvgIpc) is 3.83. The second-order valence-electron chi connectivity index (χ2n) is 11.8. The first-order chi connectivity index (χ1) is 28.1. The van der Waals surface area contributed by atoms with Crippen molar-refractivity contribution in [2.45, 2.75) is 0 Å². The molecule has 4 nitrogen and oxygen atoms in total. The lowest BCUT2D eigenvalue weighted by Gasteiger charge is -2.16. The van der Waals surface area contributed by atoms with E-state index >= 15 is 0 Å². The Morgan fingerprint density at radius 2 is 1.04 bits per heavy atom. The van der Waals surface area contributed by atoms with Crippen LogP contribution in [-0.4, -0.2) is 19.5 Å². The molecule has 3 aromatic heterocycles. The van der Waals surface area contributed by atoms with Crippen molar-refractivity contribution in [2.24, 2.45) is 0 Å². The second-order valence-corrected chi connectivity index (χ2v) is 12.9. The minimum absolute atomic E-state index is 0.00855. The molecule has 10 aromatic rings. The van der Waals surface area contributed by atoms with Gasteiger partial charge >= 0.3 is 0 Å². The number of hydrogen-bond donors (Lipinski definition) is 0. The zero-order valence-corrected chi connectivity index (χ0v) is 27.1. The van der Waals surface area contributed by atoms with E-state index < -0.39 is 36.3 Å². The average molecular weight is 665 g/mol. The number of aromatic nitrogens is 4. The van der Waals surface area contributed by atoms with Gasteiger partial charge in [0.15, 0.2) is 17.5 Å². The Bertz CT molecular complexity index is 3200. The van der Waals surface area contributed by atoms with E-state index in [-0.39, 0.29) is 39.7 Å². The molecule has 0 spiro atoms. The van der Waals surface area contributed by atoms with Crippen LogP contribution in [0.4, 0.5) is 0 Å². The summed E-state index contributed by atoms with van der Waals surface area (Å²) in [5, 5.41) is 2.23. The van der Waals surface area contributed by atoms with Crippen molar-refractivity contribution < 1.29 is 11.0 Å². The third-order valence-corrected chi connectivity index (χ3v) is 10.1. The highest BCUT2D eigenvalue weighted by Gasteiger charge is 2.21. The van der Waals surface area contributed by atoms with E-state index in [0.29, 0.717) is 22.9 Å². The summed E-state index contributed by atoms with van der Waals surface area (Å²) in [4.78, 5) is 15.0. The number of rotatable bonds is 5. The van der Waals surface area contributed by atoms with Gasteiger partial charge in [-0.25, -0.2) is 15.0 Å². The van der Waals surface area contributed by atoms with Crippen molar-refractivity contribution in [3.05, 3.63) is 170 Å². The lowest BCUT2D eigenvalue weighted by molar-refractivity contribution is 1.06. The van der Waals surface area contributed by atoms with Gasteiger partial charge in [-0.05, 0) is 41.4 Å². The Labute approximate surface area is 303 Å². The highest BCUT2D eigenvalue weighted by molar-refractivity contribution is 7.26. The lowest BCUT2D eigenvalue weighted by Crippen LogP contribution is -2.04. The zero-order chi connectivity index (χ0) is 40.0. The van der Waals surface area contributed by atoms with Crippen LogP contribution in [0.5, 0.6) is 0 Å². The normalized spacial score (nSPS) is 13.8. The predicted octanol–water partition coefficient (Wildman–Crippen LogP) is 12.0. The Morgan fingerprint density at radius 1 is 0.460 bits per heavy atom. The molecule has 0 saturated carbocycles. The third kappa shape index (κ3) is 4.63. The fraction of sp³-hybridized carbons (Fsp3) is 0. The summed E-state index contributed by atoms with van der Waals surface area (Å²) < 4.78 is 74.8. The molecule has 0 atom stereocenters. The molecule has 0 aliphatic heterocycles. The van der Waals surface area contributed by atoms with Crippen molar-refractivity contribution in [3.63, 3.8) is 0 Å². The van der Waals surface area contributed by atoms with E-state index in [1.54, 1.807) is 11.3 Å². The Balaban J connectivity index is 1.37. The largest absolute Gasteiger partial charge is 0.309 e. The monoisotopic (exact) mass is 664 g/mol. The predicted molar refractivity (Wildman–Crippen MR) is 209 cm³/mol. The number of hydrogen-bond acceptors (Lipinski definition) is 4. The molecule has 0 saturated heterocycles. The first-order valence-corrected chi connectivity index (χ1v) is 16.9. The molecule has 3 heterocycles. The van der Waals surface area contributed by atoms with Crippen LogP contribution in [-0.2, 0) is 0 Å². The standard InChI is InChI=1S/C45H28N4S/c1-3-14-29(15-4-1)43-46-44(30-16-5-2-6-17-30)48-45(47-43)37-28-31(32-21-13-22-36-35-20-9-12-25-41(35)50-42(32)36)26-27-40(37)49-38-23-10-7-18-33(38)34-19-8-11-24-39(34)49/h1-28H/i7D,8D,10D,11D,18D,19D,23D,24D. The molecule has 0 aliphatic rings. The van der Waals surface area contributed by atoms with Crippen LogP contribution >= 0.6 is 11.3 Å². The van der Waals surface area contributed by atoms with Gasteiger partial charge in [0, 0.05) is 47.6 Å². The summed E-state index contributed by atoms with van der Waals surface area (Å²) in [6.45, 7) is 0.